The van der Waals surface area contributed by atoms with E-state index in [0.29, 0.717) is 30.7 Å². The molecule has 1 fully saturated rings. The van der Waals surface area contributed by atoms with Gasteiger partial charge in [-0.15, -0.1) is 24.0 Å². The third-order valence-electron chi connectivity index (χ3n) is 5.77. The van der Waals surface area contributed by atoms with Crippen LogP contribution in [0.5, 0.6) is 17.2 Å². The van der Waals surface area contributed by atoms with Crippen LogP contribution in [0.15, 0.2) is 47.5 Å². The molecular weight excluding hydrogens is 533 g/mol. The topological polar surface area (TPSA) is 73.3 Å². The van der Waals surface area contributed by atoms with E-state index in [2.05, 4.69) is 39.9 Å². The Hall–Kier alpha value is -2.20. The highest BCUT2D eigenvalue weighted by Gasteiger charge is 2.34. The maximum Gasteiger partial charge on any atom is 0.195 e. The third kappa shape index (κ3) is 7.14. The van der Waals surface area contributed by atoms with Gasteiger partial charge in [0.15, 0.2) is 17.5 Å². The minimum absolute atomic E-state index is 0. The van der Waals surface area contributed by atoms with Crippen LogP contribution in [0.25, 0.3) is 0 Å². The van der Waals surface area contributed by atoms with Crippen LogP contribution in [-0.4, -0.2) is 53.1 Å². The van der Waals surface area contributed by atoms with E-state index >= 15 is 0 Å². The summed E-state index contributed by atoms with van der Waals surface area (Å²) in [7, 11) is 3.41. The van der Waals surface area contributed by atoms with Gasteiger partial charge in [0.1, 0.15) is 5.75 Å². The van der Waals surface area contributed by atoms with Crippen molar-refractivity contribution >= 4 is 35.6 Å². The zero-order valence-electron chi connectivity index (χ0n) is 20.0. The minimum Gasteiger partial charge on any atom is -0.494 e. The number of nitrogens with zero attached hydrogens (tertiary/aromatic N) is 1. The number of benzene rings is 2. The molecule has 33 heavy (non-hydrogen) atoms. The molecule has 0 spiro atoms. The summed E-state index contributed by atoms with van der Waals surface area (Å²) in [6.45, 7) is 7.43. The van der Waals surface area contributed by atoms with E-state index in [9.17, 15) is 0 Å². The number of aliphatic imine (C=N–C) groups is 1. The van der Waals surface area contributed by atoms with E-state index in [0.717, 1.165) is 44.0 Å². The molecule has 1 aliphatic heterocycles. The maximum absolute atomic E-state index is 5.69. The Labute approximate surface area is 214 Å². The lowest BCUT2D eigenvalue weighted by atomic mass is 9.74. The third-order valence-corrected chi connectivity index (χ3v) is 5.77. The molecule has 0 saturated carbocycles. The largest absolute Gasteiger partial charge is 0.494 e. The molecule has 0 aliphatic carbocycles. The van der Waals surface area contributed by atoms with Gasteiger partial charge < -0.3 is 29.6 Å². The standard InChI is InChI=1S/C25H35N3O4.HI/c1-5-31-21-10-7-19(8-11-21)25(13-15-30-16-14-25)18-27-24(26-3)28-20-9-12-22(29-4)23(17-20)32-6-2;/h7-12,17H,5-6,13-16,18H2,1-4H3,(H2,26,27,28);1H. The van der Waals surface area contributed by atoms with E-state index in [-0.39, 0.29) is 29.4 Å². The number of nitrogens with one attached hydrogen (secondary N) is 2. The predicted octanol–water partition coefficient (Wildman–Crippen LogP) is 4.85. The van der Waals surface area contributed by atoms with Gasteiger partial charge in [0.25, 0.3) is 0 Å². The van der Waals surface area contributed by atoms with Crippen molar-refractivity contribution in [3.05, 3.63) is 48.0 Å². The average molecular weight is 569 g/mol. The summed E-state index contributed by atoms with van der Waals surface area (Å²) in [6.07, 6.45) is 1.89. The van der Waals surface area contributed by atoms with Gasteiger partial charge in [-0.1, -0.05) is 12.1 Å². The van der Waals surface area contributed by atoms with Crippen molar-refractivity contribution in [1.82, 2.24) is 5.32 Å². The lowest BCUT2D eigenvalue weighted by molar-refractivity contribution is 0.0514. The van der Waals surface area contributed by atoms with Gasteiger partial charge in [0.2, 0.25) is 0 Å². The number of hydrogen-bond acceptors (Lipinski definition) is 5. The number of methoxy groups -OCH3 is 1. The Balaban J connectivity index is 0.00000385. The molecule has 1 heterocycles. The van der Waals surface area contributed by atoms with Crippen LogP contribution < -0.4 is 24.8 Å². The van der Waals surface area contributed by atoms with E-state index < -0.39 is 0 Å². The lowest BCUT2D eigenvalue weighted by Crippen LogP contribution is -2.46. The highest BCUT2D eigenvalue weighted by Crippen LogP contribution is 2.35. The van der Waals surface area contributed by atoms with Crippen LogP contribution in [0.3, 0.4) is 0 Å². The normalized spacial score (nSPS) is 15.2. The molecule has 7 nitrogen and oxygen atoms in total. The van der Waals surface area contributed by atoms with Gasteiger partial charge in [-0.05, 0) is 56.5 Å². The summed E-state index contributed by atoms with van der Waals surface area (Å²) in [5.74, 6) is 3.01. The number of guanidine groups is 1. The van der Waals surface area contributed by atoms with E-state index in [1.54, 1.807) is 14.2 Å². The molecule has 0 amide bonds. The Morgan fingerprint density at radius 2 is 1.70 bits per heavy atom. The van der Waals surface area contributed by atoms with Crippen LogP contribution in [-0.2, 0) is 10.2 Å². The second-order valence-corrected chi connectivity index (χ2v) is 7.70. The fourth-order valence-electron chi connectivity index (χ4n) is 3.99. The number of hydrogen-bond donors (Lipinski definition) is 2. The molecule has 1 saturated heterocycles. The molecule has 182 valence electrons. The molecule has 8 heteroatoms. The average Bonchev–Trinajstić information content (AvgIpc) is 2.83. The van der Waals surface area contributed by atoms with Crippen LogP contribution in [0.2, 0.25) is 0 Å². The summed E-state index contributed by atoms with van der Waals surface area (Å²) in [4.78, 5) is 4.42. The fraction of sp³-hybridized carbons (Fsp3) is 0.480. The first-order valence-electron chi connectivity index (χ1n) is 11.2. The summed E-state index contributed by atoms with van der Waals surface area (Å²) >= 11 is 0. The Kier molecular flexibility index (Phi) is 11.1. The van der Waals surface area contributed by atoms with E-state index in [1.165, 1.54) is 5.56 Å². The smallest absolute Gasteiger partial charge is 0.195 e. The first-order chi connectivity index (χ1) is 15.6. The molecule has 1 aliphatic rings. The zero-order chi connectivity index (χ0) is 22.8. The Morgan fingerprint density at radius 1 is 1.00 bits per heavy atom. The van der Waals surface area contributed by atoms with Crippen molar-refractivity contribution in [3.8, 4) is 17.2 Å². The second kappa shape index (κ2) is 13.5. The monoisotopic (exact) mass is 569 g/mol. The molecule has 0 atom stereocenters. The number of rotatable bonds is 9. The van der Waals surface area contributed by atoms with Crippen LogP contribution in [0.1, 0.15) is 32.3 Å². The highest BCUT2D eigenvalue weighted by atomic mass is 127. The fourth-order valence-corrected chi connectivity index (χ4v) is 3.99. The molecule has 2 aromatic rings. The Bertz CT molecular complexity index is 884. The molecule has 2 N–H and O–H groups in total. The Morgan fingerprint density at radius 3 is 2.30 bits per heavy atom. The molecule has 0 aromatic heterocycles. The van der Waals surface area contributed by atoms with Crippen molar-refractivity contribution in [2.75, 3.05) is 52.4 Å². The van der Waals surface area contributed by atoms with Crippen molar-refractivity contribution < 1.29 is 18.9 Å². The van der Waals surface area contributed by atoms with Gasteiger partial charge in [-0.25, -0.2) is 0 Å². The number of ether oxygens (including phenoxy) is 4. The first-order valence-corrected chi connectivity index (χ1v) is 11.2. The minimum atomic E-state index is -0.0307. The van der Waals surface area contributed by atoms with Gasteiger partial charge >= 0.3 is 0 Å². The van der Waals surface area contributed by atoms with Crippen molar-refractivity contribution in [1.29, 1.82) is 0 Å². The van der Waals surface area contributed by atoms with Crippen LogP contribution in [0, 0.1) is 0 Å². The van der Waals surface area contributed by atoms with Gasteiger partial charge in [-0.2, -0.15) is 0 Å². The van der Waals surface area contributed by atoms with Crippen molar-refractivity contribution in [2.24, 2.45) is 4.99 Å². The molecule has 3 rings (SSSR count). The first kappa shape index (κ1) is 27.0. The summed E-state index contributed by atoms with van der Waals surface area (Å²) in [5.41, 5.74) is 2.14. The van der Waals surface area contributed by atoms with Gasteiger partial charge in [0.05, 0.1) is 20.3 Å². The molecule has 0 radical (unpaired) electrons. The van der Waals surface area contributed by atoms with Crippen LogP contribution in [0.4, 0.5) is 5.69 Å². The molecule has 2 aromatic carbocycles. The summed E-state index contributed by atoms with van der Waals surface area (Å²) in [6, 6.07) is 14.2. The van der Waals surface area contributed by atoms with Gasteiger partial charge in [-0.3, -0.25) is 4.99 Å². The van der Waals surface area contributed by atoms with Gasteiger partial charge in [0, 0.05) is 44.0 Å². The molecule has 0 unspecified atom stereocenters. The van der Waals surface area contributed by atoms with E-state index in [1.807, 2.05) is 32.0 Å². The molecular formula is C25H36IN3O4. The maximum atomic E-state index is 5.69. The highest BCUT2D eigenvalue weighted by molar-refractivity contribution is 14.0. The van der Waals surface area contributed by atoms with Crippen molar-refractivity contribution in [2.45, 2.75) is 32.1 Å². The summed E-state index contributed by atoms with van der Waals surface area (Å²) in [5, 5.41) is 6.89. The quantitative estimate of drug-likeness (QED) is 0.256. The SMILES string of the molecule is CCOc1ccc(C2(CNC(=NC)Nc3ccc(OC)c(OCC)c3)CCOCC2)cc1.I. The predicted molar refractivity (Wildman–Crippen MR) is 144 cm³/mol. The second-order valence-electron chi connectivity index (χ2n) is 7.70. The lowest BCUT2D eigenvalue weighted by Gasteiger charge is -2.38. The van der Waals surface area contributed by atoms with Crippen LogP contribution >= 0.6 is 24.0 Å². The van der Waals surface area contributed by atoms with E-state index in [4.69, 9.17) is 18.9 Å². The summed E-state index contributed by atoms with van der Waals surface area (Å²) < 4.78 is 22.4. The number of anilines is 1. The van der Waals surface area contributed by atoms with Crippen molar-refractivity contribution in [3.63, 3.8) is 0 Å². The number of halogens is 1. The zero-order valence-corrected chi connectivity index (χ0v) is 22.3. The molecule has 0 bridgehead atoms.